The Morgan fingerprint density at radius 2 is 1.62 bits per heavy atom. The average Bonchev–Trinajstić information content (AvgIpc) is 1.95. The molecule has 1 aromatic rings. The zero-order valence-electron chi connectivity index (χ0n) is 8.61. The Labute approximate surface area is 78.8 Å². The molecule has 0 aliphatic rings. The van der Waals surface area contributed by atoms with Gasteiger partial charge >= 0.3 is 0 Å². The van der Waals surface area contributed by atoms with Crippen molar-refractivity contribution >= 4 is 0 Å². The molecule has 0 bridgehead atoms. The van der Waals surface area contributed by atoms with Gasteiger partial charge in [-0.2, -0.15) is 0 Å². The lowest BCUT2D eigenvalue weighted by Crippen LogP contribution is -2.31. The lowest BCUT2D eigenvalue weighted by Gasteiger charge is -2.23. The Balaban J connectivity index is 3.43. The van der Waals surface area contributed by atoms with Crippen LogP contribution in [0.25, 0.3) is 0 Å². The van der Waals surface area contributed by atoms with E-state index < -0.39 is 5.54 Å². The molecule has 0 saturated heterocycles. The molecule has 0 amide bonds. The number of aryl methyl sites for hydroxylation is 2. The summed E-state index contributed by atoms with van der Waals surface area (Å²) in [5, 5.41) is 0. The fraction of sp³-hybridized carbons (Fsp3) is 0.455. The first-order valence-electron chi connectivity index (χ1n) is 4.39. The second-order valence-corrected chi connectivity index (χ2v) is 4.11. The third-order valence-electron chi connectivity index (χ3n) is 2.19. The molecule has 0 fully saturated rings. The minimum Gasteiger partial charge on any atom is -0.322 e. The highest BCUT2D eigenvalue weighted by Gasteiger charge is 2.21. The molecule has 0 saturated carbocycles. The van der Waals surface area contributed by atoms with Crippen molar-refractivity contribution in [2.45, 2.75) is 33.2 Å². The summed E-state index contributed by atoms with van der Waals surface area (Å²) in [5.74, 6) is -0.174. The van der Waals surface area contributed by atoms with Crippen LogP contribution in [0.5, 0.6) is 0 Å². The summed E-state index contributed by atoms with van der Waals surface area (Å²) < 4.78 is 13.7. The molecule has 1 nitrogen and oxygen atoms in total. The Bertz CT molecular complexity index is 324. The second kappa shape index (κ2) is 3.11. The van der Waals surface area contributed by atoms with Crippen molar-refractivity contribution in [2.24, 2.45) is 5.73 Å². The van der Waals surface area contributed by atoms with E-state index in [0.717, 1.165) is 5.56 Å². The van der Waals surface area contributed by atoms with Gasteiger partial charge < -0.3 is 5.73 Å². The Morgan fingerprint density at radius 3 is 2.00 bits per heavy atom. The highest BCUT2D eigenvalue weighted by molar-refractivity contribution is 5.36. The van der Waals surface area contributed by atoms with Gasteiger partial charge in [-0.05, 0) is 38.8 Å². The number of hydrogen-bond donors (Lipinski definition) is 1. The van der Waals surface area contributed by atoms with E-state index in [0.29, 0.717) is 11.1 Å². The normalized spacial score (nSPS) is 11.8. The fourth-order valence-electron chi connectivity index (χ4n) is 1.57. The standard InChI is InChI=1S/C11H16FN/c1-7-5-6-8(2)10(12)9(7)11(3,4)13/h5-6H,13H2,1-4H3. The van der Waals surface area contributed by atoms with Gasteiger partial charge in [0.2, 0.25) is 0 Å². The number of benzene rings is 1. The molecule has 1 aromatic carbocycles. The van der Waals surface area contributed by atoms with Gasteiger partial charge in [0.25, 0.3) is 0 Å². The Hall–Kier alpha value is -0.890. The summed E-state index contributed by atoms with van der Waals surface area (Å²) in [5.41, 5.74) is 7.46. The highest BCUT2D eigenvalue weighted by Crippen LogP contribution is 2.25. The van der Waals surface area contributed by atoms with Crippen LogP contribution in [0.3, 0.4) is 0 Å². The van der Waals surface area contributed by atoms with E-state index in [-0.39, 0.29) is 5.82 Å². The number of hydrogen-bond acceptors (Lipinski definition) is 1. The summed E-state index contributed by atoms with van der Waals surface area (Å²) in [7, 11) is 0. The maximum absolute atomic E-state index is 13.7. The SMILES string of the molecule is Cc1ccc(C)c(C(C)(C)N)c1F. The molecule has 0 atom stereocenters. The third kappa shape index (κ3) is 1.89. The van der Waals surface area contributed by atoms with Gasteiger partial charge in [-0.1, -0.05) is 12.1 Å². The minimum absolute atomic E-state index is 0.174. The lowest BCUT2D eigenvalue weighted by molar-refractivity contribution is 0.494. The molecule has 2 heteroatoms. The van der Waals surface area contributed by atoms with Gasteiger partial charge in [0.1, 0.15) is 5.82 Å². The van der Waals surface area contributed by atoms with Crippen LogP contribution in [0.1, 0.15) is 30.5 Å². The first-order chi connectivity index (χ1) is 5.84. The van der Waals surface area contributed by atoms with Crippen molar-refractivity contribution in [1.29, 1.82) is 0 Å². The van der Waals surface area contributed by atoms with Crippen molar-refractivity contribution < 1.29 is 4.39 Å². The molecule has 0 aliphatic carbocycles. The average molecular weight is 181 g/mol. The van der Waals surface area contributed by atoms with Crippen LogP contribution >= 0.6 is 0 Å². The largest absolute Gasteiger partial charge is 0.322 e. The second-order valence-electron chi connectivity index (χ2n) is 4.11. The molecular weight excluding hydrogens is 165 g/mol. The predicted octanol–water partition coefficient (Wildman–Crippen LogP) is 2.64. The van der Waals surface area contributed by atoms with Crippen molar-refractivity contribution in [3.05, 3.63) is 34.6 Å². The number of halogens is 1. The molecule has 2 N–H and O–H groups in total. The van der Waals surface area contributed by atoms with Crippen LogP contribution in [0, 0.1) is 19.7 Å². The zero-order chi connectivity index (χ0) is 10.2. The zero-order valence-corrected chi connectivity index (χ0v) is 8.61. The van der Waals surface area contributed by atoms with E-state index in [1.54, 1.807) is 13.0 Å². The summed E-state index contributed by atoms with van der Waals surface area (Å²) in [6.45, 7) is 7.27. The van der Waals surface area contributed by atoms with Crippen LogP contribution in [0.4, 0.5) is 4.39 Å². The lowest BCUT2D eigenvalue weighted by atomic mass is 9.89. The molecule has 0 heterocycles. The maximum atomic E-state index is 13.7. The van der Waals surface area contributed by atoms with Crippen molar-refractivity contribution in [3.8, 4) is 0 Å². The summed E-state index contributed by atoms with van der Waals surface area (Å²) >= 11 is 0. The van der Waals surface area contributed by atoms with E-state index >= 15 is 0 Å². The molecule has 0 aliphatic heterocycles. The Kier molecular flexibility index (Phi) is 2.44. The molecule has 0 radical (unpaired) electrons. The topological polar surface area (TPSA) is 26.0 Å². The predicted molar refractivity (Wildman–Crippen MR) is 53.1 cm³/mol. The van der Waals surface area contributed by atoms with Gasteiger partial charge in [0.05, 0.1) is 0 Å². The van der Waals surface area contributed by atoms with Crippen LogP contribution in [-0.4, -0.2) is 0 Å². The fourth-order valence-corrected chi connectivity index (χ4v) is 1.57. The van der Waals surface area contributed by atoms with Crippen LogP contribution in [0.2, 0.25) is 0 Å². The van der Waals surface area contributed by atoms with Crippen LogP contribution in [0.15, 0.2) is 12.1 Å². The van der Waals surface area contributed by atoms with Gasteiger partial charge in [0.15, 0.2) is 0 Å². The molecule has 13 heavy (non-hydrogen) atoms. The summed E-state index contributed by atoms with van der Waals surface area (Å²) in [6.07, 6.45) is 0. The number of rotatable bonds is 1. The number of nitrogens with two attached hydrogens (primary N) is 1. The van der Waals surface area contributed by atoms with E-state index in [4.69, 9.17) is 5.73 Å². The monoisotopic (exact) mass is 181 g/mol. The molecule has 0 unspecified atom stereocenters. The van der Waals surface area contributed by atoms with Crippen molar-refractivity contribution in [2.75, 3.05) is 0 Å². The quantitative estimate of drug-likeness (QED) is 0.708. The minimum atomic E-state index is -0.611. The molecule has 0 spiro atoms. The van der Waals surface area contributed by atoms with Crippen molar-refractivity contribution in [1.82, 2.24) is 0 Å². The Morgan fingerprint density at radius 1 is 1.15 bits per heavy atom. The molecule has 72 valence electrons. The van der Waals surface area contributed by atoms with Gasteiger partial charge in [-0.3, -0.25) is 0 Å². The van der Waals surface area contributed by atoms with Gasteiger partial charge in [-0.15, -0.1) is 0 Å². The van der Waals surface area contributed by atoms with Gasteiger partial charge in [0, 0.05) is 11.1 Å². The van der Waals surface area contributed by atoms with E-state index in [9.17, 15) is 4.39 Å². The van der Waals surface area contributed by atoms with Crippen LogP contribution in [-0.2, 0) is 5.54 Å². The van der Waals surface area contributed by atoms with Crippen LogP contribution < -0.4 is 5.73 Å². The summed E-state index contributed by atoms with van der Waals surface area (Å²) in [4.78, 5) is 0. The van der Waals surface area contributed by atoms with Gasteiger partial charge in [-0.25, -0.2) is 4.39 Å². The molecular formula is C11H16FN. The first kappa shape index (κ1) is 10.2. The smallest absolute Gasteiger partial charge is 0.131 e. The van der Waals surface area contributed by atoms with Crippen molar-refractivity contribution in [3.63, 3.8) is 0 Å². The summed E-state index contributed by atoms with van der Waals surface area (Å²) in [6, 6.07) is 3.68. The third-order valence-corrected chi connectivity index (χ3v) is 2.19. The van der Waals surface area contributed by atoms with E-state index in [1.165, 1.54) is 0 Å². The van der Waals surface area contributed by atoms with E-state index in [1.807, 2.05) is 26.8 Å². The maximum Gasteiger partial charge on any atom is 0.131 e. The first-order valence-corrected chi connectivity index (χ1v) is 4.39. The van der Waals surface area contributed by atoms with E-state index in [2.05, 4.69) is 0 Å². The molecule has 1 rings (SSSR count). The highest BCUT2D eigenvalue weighted by atomic mass is 19.1. The molecule has 0 aromatic heterocycles.